The summed E-state index contributed by atoms with van der Waals surface area (Å²) < 4.78 is 25.9. The molecule has 0 amide bonds. The first kappa shape index (κ1) is 12.1. The standard InChI is InChI=1S/C15H16F2/c1-12-2-4-13(5-3-12)6-7-14-8-10-15(16,17)11-9-14/h2-5,14H,8-11H2,1H3. The summed E-state index contributed by atoms with van der Waals surface area (Å²) in [6.45, 7) is 2.03. The molecule has 0 unspecified atom stereocenters. The predicted molar refractivity (Wildman–Crippen MR) is 65.0 cm³/mol. The van der Waals surface area contributed by atoms with Crippen molar-refractivity contribution in [1.82, 2.24) is 0 Å². The SMILES string of the molecule is Cc1ccc(C#CC2CCC(F)(F)CC2)cc1. The summed E-state index contributed by atoms with van der Waals surface area (Å²) in [6.07, 6.45) is 1.01. The van der Waals surface area contributed by atoms with E-state index < -0.39 is 5.92 Å². The van der Waals surface area contributed by atoms with E-state index in [4.69, 9.17) is 0 Å². The van der Waals surface area contributed by atoms with Gasteiger partial charge >= 0.3 is 0 Å². The van der Waals surface area contributed by atoms with Crippen LogP contribution in [-0.4, -0.2) is 5.92 Å². The molecule has 0 aliphatic heterocycles. The Hall–Kier alpha value is -1.36. The zero-order chi connectivity index (χ0) is 12.3. The van der Waals surface area contributed by atoms with Gasteiger partial charge in [0.1, 0.15) is 0 Å². The number of halogens is 2. The fraction of sp³-hybridized carbons (Fsp3) is 0.467. The Morgan fingerprint density at radius 1 is 1.12 bits per heavy atom. The Kier molecular flexibility index (Phi) is 3.47. The van der Waals surface area contributed by atoms with Gasteiger partial charge in [0.05, 0.1) is 0 Å². The van der Waals surface area contributed by atoms with Gasteiger partial charge in [-0.15, -0.1) is 0 Å². The summed E-state index contributed by atoms with van der Waals surface area (Å²) >= 11 is 0. The van der Waals surface area contributed by atoms with E-state index in [2.05, 4.69) is 11.8 Å². The van der Waals surface area contributed by atoms with Crippen LogP contribution >= 0.6 is 0 Å². The Morgan fingerprint density at radius 3 is 2.29 bits per heavy atom. The Bertz CT molecular complexity index is 424. The lowest BCUT2D eigenvalue weighted by atomic mass is 9.87. The highest BCUT2D eigenvalue weighted by Crippen LogP contribution is 2.35. The average molecular weight is 234 g/mol. The Labute approximate surface area is 101 Å². The Balaban J connectivity index is 1.96. The summed E-state index contributed by atoms with van der Waals surface area (Å²) in [6, 6.07) is 7.97. The van der Waals surface area contributed by atoms with E-state index in [1.165, 1.54) is 5.56 Å². The molecule has 0 atom stereocenters. The quantitative estimate of drug-likeness (QED) is 0.591. The minimum atomic E-state index is -2.46. The van der Waals surface area contributed by atoms with E-state index in [9.17, 15) is 8.78 Å². The fourth-order valence-electron chi connectivity index (χ4n) is 2.01. The summed E-state index contributed by atoms with van der Waals surface area (Å²) in [7, 11) is 0. The van der Waals surface area contributed by atoms with Gasteiger partial charge < -0.3 is 0 Å². The van der Waals surface area contributed by atoms with Crippen molar-refractivity contribution >= 4 is 0 Å². The van der Waals surface area contributed by atoms with Gasteiger partial charge in [0.2, 0.25) is 5.92 Å². The van der Waals surface area contributed by atoms with Crippen molar-refractivity contribution in [2.45, 2.75) is 38.5 Å². The van der Waals surface area contributed by atoms with E-state index in [1.807, 2.05) is 31.2 Å². The highest BCUT2D eigenvalue weighted by Gasteiger charge is 2.34. The number of alkyl halides is 2. The summed E-state index contributed by atoms with van der Waals surface area (Å²) in [5.41, 5.74) is 2.17. The maximum absolute atomic E-state index is 12.9. The molecule has 0 N–H and O–H groups in total. The lowest BCUT2D eigenvalue weighted by Crippen LogP contribution is -2.23. The van der Waals surface area contributed by atoms with Crippen molar-refractivity contribution in [2.75, 3.05) is 0 Å². The molecule has 1 aromatic carbocycles. The van der Waals surface area contributed by atoms with Crippen molar-refractivity contribution in [3.05, 3.63) is 35.4 Å². The molecule has 0 bridgehead atoms. The molecule has 1 aliphatic rings. The zero-order valence-electron chi connectivity index (χ0n) is 9.97. The van der Waals surface area contributed by atoms with Crippen LogP contribution in [-0.2, 0) is 0 Å². The third-order valence-corrected chi connectivity index (χ3v) is 3.19. The van der Waals surface area contributed by atoms with Crippen LogP contribution in [0.3, 0.4) is 0 Å². The molecule has 1 fully saturated rings. The zero-order valence-corrected chi connectivity index (χ0v) is 9.97. The molecule has 1 saturated carbocycles. The van der Waals surface area contributed by atoms with Crippen molar-refractivity contribution in [1.29, 1.82) is 0 Å². The smallest absolute Gasteiger partial charge is 0.207 e. The summed E-state index contributed by atoms with van der Waals surface area (Å²) in [5, 5.41) is 0. The van der Waals surface area contributed by atoms with Crippen LogP contribution in [0.15, 0.2) is 24.3 Å². The van der Waals surface area contributed by atoms with Crippen LogP contribution in [0, 0.1) is 24.7 Å². The van der Waals surface area contributed by atoms with Crippen LogP contribution < -0.4 is 0 Å². The number of benzene rings is 1. The molecule has 1 aliphatic carbocycles. The maximum atomic E-state index is 12.9. The fourth-order valence-corrected chi connectivity index (χ4v) is 2.01. The molecule has 0 nitrogen and oxygen atoms in total. The second kappa shape index (κ2) is 4.87. The monoisotopic (exact) mass is 234 g/mol. The lowest BCUT2D eigenvalue weighted by Gasteiger charge is -2.24. The normalized spacial score (nSPS) is 19.5. The minimum Gasteiger partial charge on any atom is -0.207 e. The van der Waals surface area contributed by atoms with Gasteiger partial charge in [0, 0.05) is 24.3 Å². The molecule has 0 saturated heterocycles. The summed E-state index contributed by atoms with van der Waals surface area (Å²) in [5.74, 6) is 3.86. The first-order valence-electron chi connectivity index (χ1n) is 6.01. The van der Waals surface area contributed by atoms with Gasteiger partial charge in [-0.1, -0.05) is 29.5 Å². The van der Waals surface area contributed by atoms with Gasteiger partial charge in [0.15, 0.2) is 0 Å². The molecule has 0 aromatic heterocycles. The van der Waals surface area contributed by atoms with Crippen molar-refractivity contribution < 1.29 is 8.78 Å². The topological polar surface area (TPSA) is 0 Å². The third-order valence-electron chi connectivity index (χ3n) is 3.19. The molecule has 0 radical (unpaired) electrons. The predicted octanol–water partition coefficient (Wildman–Crippen LogP) is 4.17. The van der Waals surface area contributed by atoms with Gasteiger partial charge in [0.25, 0.3) is 0 Å². The number of hydrogen-bond acceptors (Lipinski definition) is 0. The third kappa shape index (κ3) is 3.56. The number of rotatable bonds is 0. The first-order chi connectivity index (χ1) is 8.05. The first-order valence-corrected chi connectivity index (χ1v) is 6.01. The van der Waals surface area contributed by atoms with Gasteiger partial charge in [-0.2, -0.15) is 0 Å². The summed E-state index contributed by atoms with van der Waals surface area (Å²) in [4.78, 5) is 0. The largest absolute Gasteiger partial charge is 0.248 e. The highest BCUT2D eigenvalue weighted by molar-refractivity contribution is 5.36. The molecule has 1 aromatic rings. The second-order valence-corrected chi connectivity index (χ2v) is 4.77. The highest BCUT2D eigenvalue weighted by atomic mass is 19.3. The van der Waals surface area contributed by atoms with Crippen LogP contribution in [0.25, 0.3) is 0 Å². The molecule has 2 rings (SSSR count). The second-order valence-electron chi connectivity index (χ2n) is 4.77. The molecule has 0 spiro atoms. The Morgan fingerprint density at radius 2 is 1.71 bits per heavy atom. The van der Waals surface area contributed by atoms with E-state index in [0.29, 0.717) is 12.8 Å². The van der Waals surface area contributed by atoms with Crippen LogP contribution in [0.1, 0.15) is 36.8 Å². The van der Waals surface area contributed by atoms with Crippen molar-refractivity contribution in [2.24, 2.45) is 5.92 Å². The van der Waals surface area contributed by atoms with E-state index in [-0.39, 0.29) is 18.8 Å². The molecule has 0 heterocycles. The van der Waals surface area contributed by atoms with Gasteiger partial charge in [-0.25, -0.2) is 8.78 Å². The van der Waals surface area contributed by atoms with E-state index >= 15 is 0 Å². The minimum absolute atomic E-state index is 0.0136. The molecular weight excluding hydrogens is 218 g/mol. The molecule has 17 heavy (non-hydrogen) atoms. The van der Waals surface area contributed by atoms with Gasteiger partial charge in [-0.05, 0) is 31.9 Å². The van der Waals surface area contributed by atoms with Crippen LogP contribution in [0.4, 0.5) is 8.78 Å². The number of hydrogen-bond donors (Lipinski definition) is 0. The molecule has 90 valence electrons. The van der Waals surface area contributed by atoms with Gasteiger partial charge in [-0.3, -0.25) is 0 Å². The maximum Gasteiger partial charge on any atom is 0.248 e. The van der Waals surface area contributed by atoms with Crippen molar-refractivity contribution in [3.8, 4) is 11.8 Å². The van der Waals surface area contributed by atoms with E-state index in [0.717, 1.165) is 5.56 Å². The molecular formula is C15H16F2. The molecule has 2 heteroatoms. The van der Waals surface area contributed by atoms with Crippen LogP contribution in [0.2, 0.25) is 0 Å². The van der Waals surface area contributed by atoms with E-state index in [1.54, 1.807) is 0 Å². The van der Waals surface area contributed by atoms with Crippen molar-refractivity contribution in [3.63, 3.8) is 0 Å². The van der Waals surface area contributed by atoms with Crippen LogP contribution in [0.5, 0.6) is 0 Å². The number of aryl methyl sites for hydroxylation is 1. The average Bonchev–Trinajstić information content (AvgIpc) is 2.30. The lowest BCUT2D eigenvalue weighted by molar-refractivity contribution is -0.0402.